The summed E-state index contributed by atoms with van der Waals surface area (Å²) in [5.74, 6) is 1.07. The number of piperidine rings is 1. The highest BCUT2D eigenvalue weighted by Gasteiger charge is 2.39. The summed E-state index contributed by atoms with van der Waals surface area (Å²) < 4.78 is 0. The van der Waals surface area contributed by atoms with Gasteiger partial charge in [-0.3, -0.25) is 9.59 Å². The van der Waals surface area contributed by atoms with E-state index in [2.05, 4.69) is 89.9 Å². The van der Waals surface area contributed by atoms with E-state index in [-0.39, 0.29) is 36.2 Å². The van der Waals surface area contributed by atoms with E-state index in [0.717, 1.165) is 32.5 Å². The minimum Gasteiger partial charge on any atom is -0.343 e. The summed E-state index contributed by atoms with van der Waals surface area (Å²) in [5.41, 5.74) is 2.62. The largest absolute Gasteiger partial charge is 0.343 e. The third-order valence-corrected chi connectivity index (χ3v) is 8.25. The molecule has 2 fully saturated rings. The first-order valence-corrected chi connectivity index (χ1v) is 13.3. The molecular weight excluding hydrogens is 482 g/mol. The quantitative estimate of drug-likeness (QED) is 0.473. The fraction of sp³-hybridized carbons (Fsp3) is 0.419. The number of fused-ring (bicyclic) bond motifs is 1. The first-order chi connectivity index (χ1) is 17.5. The van der Waals surface area contributed by atoms with Gasteiger partial charge >= 0.3 is 0 Å². The molecule has 37 heavy (non-hydrogen) atoms. The summed E-state index contributed by atoms with van der Waals surface area (Å²) in [6.07, 6.45) is 1.54. The van der Waals surface area contributed by atoms with Gasteiger partial charge in [0.15, 0.2) is 0 Å². The third-order valence-electron chi connectivity index (χ3n) is 8.25. The highest BCUT2D eigenvalue weighted by atomic mass is 35.5. The van der Waals surface area contributed by atoms with Gasteiger partial charge in [0, 0.05) is 57.5 Å². The SMILES string of the molecule is CC(=O)N1CCC(C(=O)N2CC(CNC(C)c3cccc4ccccc34)C(c3ccccc3)C2)CC1.Cl. The summed E-state index contributed by atoms with van der Waals surface area (Å²) >= 11 is 0. The van der Waals surface area contributed by atoms with Crippen molar-refractivity contribution in [3.8, 4) is 0 Å². The van der Waals surface area contributed by atoms with Crippen molar-refractivity contribution in [3.05, 3.63) is 83.9 Å². The summed E-state index contributed by atoms with van der Waals surface area (Å²) in [4.78, 5) is 29.2. The van der Waals surface area contributed by atoms with Gasteiger partial charge in [0.2, 0.25) is 11.8 Å². The number of likely N-dealkylation sites (tertiary alicyclic amines) is 2. The van der Waals surface area contributed by atoms with Crippen molar-refractivity contribution in [2.45, 2.75) is 38.6 Å². The molecule has 0 aromatic heterocycles. The maximum Gasteiger partial charge on any atom is 0.225 e. The molecule has 5 nitrogen and oxygen atoms in total. The number of rotatable bonds is 6. The highest BCUT2D eigenvalue weighted by Crippen LogP contribution is 2.35. The summed E-state index contributed by atoms with van der Waals surface area (Å²) in [7, 11) is 0. The number of halogens is 1. The van der Waals surface area contributed by atoms with Crippen molar-refractivity contribution < 1.29 is 9.59 Å². The second kappa shape index (κ2) is 12.1. The molecule has 5 rings (SSSR count). The van der Waals surface area contributed by atoms with Crippen LogP contribution in [0.2, 0.25) is 0 Å². The van der Waals surface area contributed by atoms with Crippen LogP contribution < -0.4 is 5.32 Å². The normalized spacial score (nSPS) is 21.0. The molecular formula is C31H38ClN3O2. The Kier molecular flexibility index (Phi) is 8.88. The van der Waals surface area contributed by atoms with Crippen molar-refractivity contribution in [3.63, 3.8) is 0 Å². The summed E-state index contributed by atoms with van der Waals surface area (Å²) in [6.45, 7) is 7.64. The van der Waals surface area contributed by atoms with Gasteiger partial charge in [0.25, 0.3) is 0 Å². The Hall–Kier alpha value is -2.89. The van der Waals surface area contributed by atoms with Crippen LogP contribution in [-0.2, 0) is 9.59 Å². The molecule has 2 aliphatic rings. The van der Waals surface area contributed by atoms with E-state index in [1.165, 1.54) is 21.9 Å². The molecule has 0 radical (unpaired) electrons. The average Bonchev–Trinajstić information content (AvgIpc) is 3.36. The van der Waals surface area contributed by atoms with E-state index in [0.29, 0.717) is 24.9 Å². The van der Waals surface area contributed by atoms with Crippen LogP contribution in [0.25, 0.3) is 10.8 Å². The van der Waals surface area contributed by atoms with Crippen LogP contribution in [0.1, 0.15) is 49.8 Å². The molecule has 1 N–H and O–H groups in total. The van der Waals surface area contributed by atoms with Crippen LogP contribution in [-0.4, -0.2) is 54.3 Å². The number of carbonyl (C=O) groups is 2. The third kappa shape index (κ3) is 6.00. The maximum atomic E-state index is 13.5. The number of carbonyl (C=O) groups excluding carboxylic acids is 2. The minimum absolute atomic E-state index is 0. The number of benzene rings is 3. The Bertz CT molecular complexity index is 1200. The van der Waals surface area contributed by atoms with Crippen molar-refractivity contribution in [1.82, 2.24) is 15.1 Å². The molecule has 196 valence electrons. The molecule has 0 spiro atoms. The van der Waals surface area contributed by atoms with Crippen LogP contribution in [0, 0.1) is 11.8 Å². The minimum atomic E-state index is 0. The van der Waals surface area contributed by atoms with E-state index < -0.39 is 0 Å². The number of hydrogen-bond acceptors (Lipinski definition) is 3. The number of nitrogens with zero attached hydrogens (tertiary/aromatic N) is 2. The second-order valence-electron chi connectivity index (χ2n) is 10.5. The number of amides is 2. The van der Waals surface area contributed by atoms with Gasteiger partial charge in [-0.2, -0.15) is 0 Å². The van der Waals surface area contributed by atoms with Crippen LogP contribution in [0.4, 0.5) is 0 Å². The molecule has 0 bridgehead atoms. The van der Waals surface area contributed by atoms with E-state index >= 15 is 0 Å². The van der Waals surface area contributed by atoms with E-state index in [9.17, 15) is 9.59 Å². The standard InChI is InChI=1S/C31H37N3O2.ClH/c1-22(28-14-8-12-24-11-6-7-13-29(24)28)32-19-27-20-34(21-30(27)25-9-4-3-5-10-25)31(36)26-15-17-33(18-16-26)23(2)35;/h3-14,22,26-27,30,32H,15-21H2,1-2H3;1H. The lowest BCUT2D eigenvalue weighted by atomic mass is 9.88. The van der Waals surface area contributed by atoms with Gasteiger partial charge < -0.3 is 15.1 Å². The van der Waals surface area contributed by atoms with Gasteiger partial charge in [-0.1, -0.05) is 72.8 Å². The summed E-state index contributed by atoms with van der Waals surface area (Å²) in [6, 6.07) is 25.9. The fourth-order valence-corrected chi connectivity index (χ4v) is 6.10. The molecule has 6 heteroatoms. The predicted octanol–water partition coefficient (Wildman–Crippen LogP) is 5.41. The van der Waals surface area contributed by atoms with Crippen molar-refractivity contribution in [2.24, 2.45) is 11.8 Å². The van der Waals surface area contributed by atoms with Gasteiger partial charge in [-0.25, -0.2) is 0 Å². The molecule has 0 saturated carbocycles. The molecule has 2 saturated heterocycles. The lowest BCUT2D eigenvalue weighted by molar-refractivity contribution is -0.139. The van der Waals surface area contributed by atoms with Crippen LogP contribution in [0.3, 0.4) is 0 Å². The number of nitrogens with one attached hydrogen (secondary N) is 1. The van der Waals surface area contributed by atoms with Gasteiger partial charge in [-0.05, 0) is 47.6 Å². The van der Waals surface area contributed by atoms with Crippen molar-refractivity contribution >= 4 is 35.0 Å². The van der Waals surface area contributed by atoms with E-state index in [4.69, 9.17) is 0 Å². The van der Waals surface area contributed by atoms with Gasteiger partial charge in [0.05, 0.1) is 0 Å². The number of hydrogen-bond donors (Lipinski definition) is 1. The Balaban J connectivity index is 0.00000320. The smallest absolute Gasteiger partial charge is 0.225 e. The maximum absolute atomic E-state index is 13.5. The zero-order valence-electron chi connectivity index (χ0n) is 21.8. The molecule has 0 aliphatic carbocycles. The van der Waals surface area contributed by atoms with Crippen LogP contribution >= 0.6 is 12.4 Å². The lowest BCUT2D eigenvalue weighted by Crippen LogP contribution is -2.43. The second-order valence-corrected chi connectivity index (χ2v) is 10.5. The zero-order valence-corrected chi connectivity index (χ0v) is 22.6. The van der Waals surface area contributed by atoms with Crippen molar-refractivity contribution in [2.75, 3.05) is 32.7 Å². The van der Waals surface area contributed by atoms with Crippen molar-refractivity contribution in [1.29, 1.82) is 0 Å². The molecule has 3 atom stereocenters. The summed E-state index contributed by atoms with van der Waals surface area (Å²) in [5, 5.41) is 6.36. The fourth-order valence-electron chi connectivity index (χ4n) is 6.10. The Morgan fingerprint density at radius 1 is 0.892 bits per heavy atom. The zero-order chi connectivity index (χ0) is 25.1. The predicted molar refractivity (Wildman–Crippen MR) is 152 cm³/mol. The molecule has 2 heterocycles. The van der Waals surface area contributed by atoms with Gasteiger partial charge in [0.1, 0.15) is 0 Å². The first-order valence-electron chi connectivity index (χ1n) is 13.3. The van der Waals surface area contributed by atoms with E-state index in [1.54, 1.807) is 6.92 Å². The van der Waals surface area contributed by atoms with E-state index in [1.807, 2.05) is 4.90 Å². The Morgan fingerprint density at radius 3 is 2.30 bits per heavy atom. The highest BCUT2D eigenvalue weighted by molar-refractivity contribution is 5.86. The van der Waals surface area contributed by atoms with Crippen LogP contribution in [0.15, 0.2) is 72.8 Å². The topological polar surface area (TPSA) is 52.7 Å². The Morgan fingerprint density at radius 2 is 1.57 bits per heavy atom. The molecule has 2 amide bonds. The van der Waals surface area contributed by atoms with Crippen LogP contribution in [0.5, 0.6) is 0 Å². The van der Waals surface area contributed by atoms with Gasteiger partial charge in [-0.15, -0.1) is 12.4 Å². The lowest BCUT2D eigenvalue weighted by Gasteiger charge is -2.32. The molecule has 3 aromatic rings. The molecule has 3 unspecified atom stereocenters. The molecule has 2 aliphatic heterocycles. The molecule has 3 aromatic carbocycles. The average molecular weight is 520 g/mol. The monoisotopic (exact) mass is 519 g/mol. The Labute approximate surface area is 226 Å². The first kappa shape index (κ1) is 27.2.